The first-order valence-electron chi connectivity index (χ1n) is 3.56. The minimum atomic E-state index is -4.39. The SMILES string of the molecule is Nc1nc2cc(C(F)(F)F)cnc2s1. The van der Waals surface area contributed by atoms with Gasteiger partial charge in [-0.25, -0.2) is 9.97 Å². The number of pyridine rings is 1. The molecule has 0 aliphatic heterocycles. The fraction of sp³-hybridized carbons (Fsp3) is 0.143. The summed E-state index contributed by atoms with van der Waals surface area (Å²) < 4.78 is 36.7. The van der Waals surface area contributed by atoms with Gasteiger partial charge in [0.25, 0.3) is 0 Å². The van der Waals surface area contributed by atoms with E-state index in [1.807, 2.05) is 0 Å². The third-order valence-electron chi connectivity index (χ3n) is 1.59. The summed E-state index contributed by atoms with van der Waals surface area (Å²) in [6, 6.07) is 0.940. The molecule has 74 valence electrons. The summed E-state index contributed by atoms with van der Waals surface area (Å²) in [5, 5.41) is 0.215. The van der Waals surface area contributed by atoms with E-state index in [2.05, 4.69) is 9.97 Å². The third-order valence-corrected chi connectivity index (χ3v) is 2.40. The average Bonchev–Trinajstić information content (AvgIpc) is 2.41. The van der Waals surface area contributed by atoms with Crippen LogP contribution >= 0.6 is 11.3 Å². The standard InChI is InChI=1S/C7H4F3N3S/c8-7(9,10)3-1-4-5(12-2-3)14-6(11)13-4/h1-2H,(H2,11,13). The molecule has 0 aliphatic rings. The van der Waals surface area contributed by atoms with E-state index in [0.717, 1.165) is 23.6 Å². The largest absolute Gasteiger partial charge is 0.417 e. The van der Waals surface area contributed by atoms with E-state index in [0.29, 0.717) is 4.83 Å². The second-order valence-corrected chi connectivity index (χ2v) is 3.61. The Labute approximate surface area is 80.4 Å². The van der Waals surface area contributed by atoms with Crippen molar-refractivity contribution in [2.45, 2.75) is 6.18 Å². The summed E-state index contributed by atoms with van der Waals surface area (Å²) in [7, 11) is 0. The summed E-state index contributed by atoms with van der Waals surface area (Å²) in [5.41, 5.74) is 4.71. The van der Waals surface area contributed by atoms with Crippen LogP contribution in [0.5, 0.6) is 0 Å². The van der Waals surface area contributed by atoms with Gasteiger partial charge in [-0.1, -0.05) is 11.3 Å². The molecular weight excluding hydrogens is 215 g/mol. The lowest BCUT2D eigenvalue weighted by atomic mass is 10.3. The van der Waals surface area contributed by atoms with Crippen molar-refractivity contribution in [3.05, 3.63) is 17.8 Å². The zero-order valence-corrected chi connectivity index (χ0v) is 7.49. The van der Waals surface area contributed by atoms with Gasteiger partial charge in [-0.15, -0.1) is 0 Å². The topological polar surface area (TPSA) is 51.8 Å². The zero-order valence-electron chi connectivity index (χ0n) is 6.67. The van der Waals surface area contributed by atoms with Gasteiger partial charge in [-0.3, -0.25) is 0 Å². The van der Waals surface area contributed by atoms with Gasteiger partial charge in [0.15, 0.2) is 5.13 Å². The van der Waals surface area contributed by atoms with Gasteiger partial charge in [0.2, 0.25) is 0 Å². The molecule has 0 saturated carbocycles. The minimum absolute atomic E-state index is 0.183. The second-order valence-electron chi connectivity index (χ2n) is 2.60. The number of nitrogen functional groups attached to an aromatic ring is 1. The maximum absolute atomic E-state index is 12.2. The highest BCUT2D eigenvalue weighted by atomic mass is 32.1. The molecule has 2 N–H and O–H groups in total. The molecule has 2 heterocycles. The Kier molecular flexibility index (Phi) is 1.84. The fourth-order valence-electron chi connectivity index (χ4n) is 0.995. The normalized spacial score (nSPS) is 12.2. The van der Waals surface area contributed by atoms with Crippen LogP contribution in [0, 0.1) is 0 Å². The number of alkyl halides is 3. The first kappa shape index (κ1) is 9.20. The first-order valence-corrected chi connectivity index (χ1v) is 4.38. The Hall–Kier alpha value is -1.37. The van der Waals surface area contributed by atoms with Gasteiger partial charge in [0.1, 0.15) is 10.3 Å². The lowest BCUT2D eigenvalue weighted by Crippen LogP contribution is -2.04. The van der Waals surface area contributed by atoms with Crippen LogP contribution in [-0.2, 0) is 6.18 Å². The van der Waals surface area contributed by atoms with E-state index in [4.69, 9.17) is 5.73 Å². The number of fused-ring (bicyclic) bond motifs is 1. The third kappa shape index (κ3) is 1.50. The van der Waals surface area contributed by atoms with Crippen molar-refractivity contribution in [3.63, 3.8) is 0 Å². The highest BCUT2D eigenvalue weighted by Gasteiger charge is 2.31. The second kappa shape index (κ2) is 2.81. The van der Waals surface area contributed by atoms with Crippen molar-refractivity contribution in [3.8, 4) is 0 Å². The first-order chi connectivity index (χ1) is 6.47. The number of nitrogens with zero attached hydrogens (tertiary/aromatic N) is 2. The molecule has 2 rings (SSSR count). The molecule has 0 spiro atoms. The predicted molar refractivity (Wildman–Crippen MR) is 46.8 cm³/mol. The quantitative estimate of drug-likeness (QED) is 0.739. The number of hydrogen-bond acceptors (Lipinski definition) is 4. The molecule has 0 aromatic carbocycles. The number of anilines is 1. The van der Waals surface area contributed by atoms with Gasteiger partial charge < -0.3 is 5.73 Å². The number of nitrogens with two attached hydrogens (primary N) is 1. The Balaban J connectivity index is 2.62. The molecule has 0 unspecified atom stereocenters. The minimum Gasteiger partial charge on any atom is -0.375 e. The van der Waals surface area contributed by atoms with Crippen molar-refractivity contribution in [2.75, 3.05) is 5.73 Å². The highest BCUT2D eigenvalue weighted by Crippen LogP contribution is 2.31. The maximum atomic E-state index is 12.2. The molecule has 0 bridgehead atoms. The summed E-state index contributed by atoms with van der Waals surface area (Å²) in [6.45, 7) is 0. The molecule has 0 saturated heterocycles. The maximum Gasteiger partial charge on any atom is 0.417 e. The van der Waals surface area contributed by atoms with Crippen LogP contribution in [0.25, 0.3) is 10.3 Å². The van der Waals surface area contributed by atoms with Gasteiger partial charge >= 0.3 is 6.18 Å². The Morgan fingerprint density at radius 3 is 2.71 bits per heavy atom. The molecular formula is C7H4F3N3S. The summed E-state index contributed by atoms with van der Waals surface area (Å²) in [6.07, 6.45) is -3.61. The molecule has 2 aromatic rings. The van der Waals surface area contributed by atoms with Crippen molar-refractivity contribution >= 4 is 26.8 Å². The number of aromatic nitrogens is 2. The predicted octanol–water partition coefficient (Wildman–Crippen LogP) is 2.29. The van der Waals surface area contributed by atoms with E-state index < -0.39 is 11.7 Å². The van der Waals surface area contributed by atoms with Gasteiger partial charge in [0.05, 0.1) is 5.56 Å². The Bertz CT molecular complexity index is 476. The van der Waals surface area contributed by atoms with Crippen molar-refractivity contribution < 1.29 is 13.2 Å². The number of thiazole rings is 1. The van der Waals surface area contributed by atoms with E-state index in [1.54, 1.807) is 0 Å². The van der Waals surface area contributed by atoms with Crippen LogP contribution in [0.2, 0.25) is 0 Å². The smallest absolute Gasteiger partial charge is 0.375 e. The molecule has 0 aliphatic carbocycles. The van der Waals surface area contributed by atoms with Crippen LogP contribution < -0.4 is 5.73 Å². The number of rotatable bonds is 0. The van der Waals surface area contributed by atoms with Crippen LogP contribution in [0.4, 0.5) is 18.3 Å². The Morgan fingerprint density at radius 1 is 1.36 bits per heavy atom. The van der Waals surface area contributed by atoms with Crippen LogP contribution in [0.1, 0.15) is 5.56 Å². The van der Waals surface area contributed by atoms with Crippen LogP contribution in [0.15, 0.2) is 12.3 Å². The molecule has 0 radical (unpaired) electrons. The Morgan fingerprint density at radius 2 is 2.07 bits per heavy atom. The fourth-order valence-corrected chi connectivity index (χ4v) is 1.65. The van der Waals surface area contributed by atoms with E-state index in [1.165, 1.54) is 0 Å². The molecule has 2 aromatic heterocycles. The molecule has 0 atom stereocenters. The van der Waals surface area contributed by atoms with E-state index >= 15 is 0 Å². The number of hydrogen-bond donors (Lipinski definition) is 1. The van der Waals surface area contributed by atoms with E-state index in [-0.39, 0.29) is 10.6 Å². The van der Waals surface area contributed by atoms with Gasteiger partial charge in [-0.05, 0) is 6.07 Å². The molecule has 14 heavy (non-hydrogen) atoms. The molecule has 0 amide bonds. The van der Waals surface area contributed by atoms with Gasteiger partial charge in [-0.2, -0.15) is 13.2 Å². The lowest BCUT2D eigenvalue weighted by molar-refractivity contribution is -0.137. The zero-order chi connectivity index (χ0) is 10.3. The van der Waals surface area contributed by atoms with Crippen molar-refractivity contribution in [1.82, 2.24) is 9.97 Å². The summed E-state index contributed by atoms with van der Waals surface area (Å²) >= 11 is 1.06. The average molecular weight is 219 g/mol. The monoisotopic (exact) mass is 219 g/mol. The van der Waals surface area contributed by atoms with Crippen LogP contribution in [0.3, 0.4) is 0 Å². The van der Waals surface area contributed by atoms with Crippen LogP contribution in [-0.4, -0.2) is 9.97 Å². The number of halogens is 3. The molecule has 7 heteroatoms. The highest BCUT2D eigenvalue weighted by molar-refractivity contribution is 7.21. The van der Waals surface area contributed by atoms with E-state index in [9.17, 15) is 13.2 Å². The summed E-state index contributed by atoms with van der Waals surface area (Å²) in [4.78, 5) is 7.76. The van der Waals surface area contributed by atoms with Crippen molar-refractivity contribution in [2.24, 2.45) is 0 Å². The molecule has 0 fully saturated rings. The lowest BCUT2D eigenvalue weighted by Gasteiger charge is -2.04. The van der Waals surface area contributed by atoms with Gasteiger partial charge in [0, 0.05) is 6.20 Å². The van der Waals surface area contributed by atoms with Crippen molar-refractivity contribution in [1.29, 1.82) is 0 Å². The summed E-state index contributed by atoms with van der Waals surface area (Å²) in [5.74, 6) is 0. The molecule has 3 nitrogen and oxygen atoms in total.